The lowest BCUT2D eigenvalue weighted by Crippen LogP contribution is -2.56. The van der Waals surface area contributed by atoms with Crippen LogP contribution in [0.3, 0.4) is 0 Å². The zero-order valence-electron chi connectivity index (χ0n) is 20.0. The molecular formula is C29H25F3N4O. The molecule has 4 aromatic rings. The fraction of sp³-hybridized carbons (Fsp3) is 0.207. The van der Waals surface area contributed by atoms with Crippen molar-refractivity contribution in [2.75, 3.05) is 24.5 Å². The fourth-order valence-electron chi connectivity index (χ4n) is 4.64. The Bertz CT molecular complexity index is 1330. The van der Waals surface area contributed by atoms with Gasteiger partial charge in [-0.1, -0.05) is 54.6 Å². The first-order chi connectivity index (χ1) is 17.9. The summed E-state index contributed by atoms with van der Waals surface area (Å²) in [5.41, 5.74) is 2.40. The van der Waals surface area contributed by atoms with Gasteiger partial charge in [0, 0.05) is 37.6 Å². The van der Waals surface area contributed by atoms with E-state index in [1.54, 1.807) is 42.7 Å². The average molecular weight is 503 g/mol. The van der Waals surface area contributed by atoms with Gasteiger partial charge in [-0.15, -0.1) is 0 Å². The van der Waals surface area contributed by atoms with E-state index < -0.39 is 11.7 Å². The summed E-state index contributed by atoms with van der Waals surface area (Å²) < 4.78 is 38.6. The molecule has 0 radical (unpaired) electrons. The number of piperazine rings is 1. The van der Waals surface area contributed by atoms with Crippen molar-refractivity contribution >= 4 is 11.9 Å². The van der Waals surface area contributed by atoms with Gasteiger partial charge in [-0.3, -0.25) is 4.79 Å². The van der Waals surface area contributed by atoms with E-state index >= 15 is 0 Å². The number of nitrogens with zero attached hydrogens (tertiary/aromatic N) is 4. The molecule has 1 aliphatic heterocycles. The van der Waals surface area contributed by atoms with Crippen molar-refractivity contribution in [3.63, 3.8) is 0 Å². The molecule has 0 saturated carbocycles. The molecule has 0 aliphatic carbocycles. The number of carbonyl (C=O) groups excluding carboxylic acids is 1. The van der Waals surface area contributed by atoms with Gasteiger partial charge in [0.25, 0.3) is 5.91 Å². The van der Waals surface area contributed by atoms with Crippen molar-refractivity contribution in [1.82, 2.24) is 14.9 Å². The Balaban J connectivity index is 1.35. The highest BCUT2D eigenvalue weighted by molar-refractivity contribution is 5.95. The molecule has 1 aliphatic rings. The largest absolute Gasteiger partial charge is 0.416 e. The highest BCUT2D eigenvalue weighted by Crippen LogP contribution is 2.31. The Morgan fingerprint density at radius 2 is 1.43 bits per heavy atom. The summed E-state index contributed by atoms with van der Waals surface area (Å²) in [6.45, 7) is 1.74. The number of aromatic nitrogens is 2. The lowest BCUT2D eigenvalue weighted by molar-refractivity contribution is -0.137. The monoisotopic (exact) mass is 502 g/mol. The van der Waals surface area contributed by atoms with Crippen molar-refractivity contribution < 1.29 is 18.0 Å². The summed E-state index contributed by atoms with van der Waals surface area (Å²) in [6, 6.07) is 23.8. The van der Waals surface area contributed by atoms with Crippen molar-refractivity contribution in [2.24, 2.45) is 0 Å². The SMILES string of the molecule is O=C(c1ccc(-c2ccc(C(F)(F)F)cc2)cc1)N1CCN(c2ncccn2)CC1Cc1ccccc1. The standard InChI is InChI=1S/C29H25F3N4O/c30-29(31,32)25-13-11-23(12-14-25)22-7-9-24(10-8-22)27(37)36-18-17-35(28-33-15-4-16-34-28)20-26(36)19-21-5-2-1-3-6-21/h1-16,26H,17-20H2. The first kappa shape index (κ1) is 24.5. The van der Waals surface area contributed by atoms with E-state index in [4.69, 9.17) is 0 Å². The Kier molecular flexibility index (Phi) is 6.90. The number of anilines is 1. The van der Waals surface area contributed by atoms with Crippen LogP contribution in [0, 0.1) is 0 Å². The Hall–Kier alpha value is -4.20. The third-order valence-electron chi connectivity index (χ3n) is 6.57. The number of hydrogen-bond acceptors (Lipinski definition) is 4. The Morgan fingerprint density at radius 1 is 0.811 bits per heavy atom. The molecule has 1 saturated heterocycles. The van der Waals surface area contributed by atoms with Crippen molar-refractivity contribution in [3.05, 3.63) is 114 Å². The number of amides is 1. The van der Waals surface area contributed by atoms with E-state index in [0.29, 0.717) is 43.1 Å². The van der Waals surface area contributed by atoms with Crippen molar-refractivity contribution in [2.45, 2.75) is 18.6 Å². The van der Waals surface area contributed by atoms with Gasteiger partial charge in [0.15, 0.2) is 0 Å². The molecule has 8 heteroatoms. The van der Waals surface area contributed by atoms with Crippen LogP contribution < -0.4 is 4.90 Å². The van der Waals surface area contributed by atoms with Gasteiger partial charge in [0.1, 0.15) is 0 Å². The molecule has 37 heavy (non-hydrogen) atoms. The second-order valence-corrected chi connectivity index (χ2v) is 8.99. The van der Waals surface area contributed by atoms with Gasteiger partial charge in [-0.05, 0) is 53.4 Å². The van der Waals surface area contributed by atoms with Crippen LogP contribution in [0.2, 0.25) is 0 Å². The molecule has 5 nitrogen and oxygen atoms in total. The first-order valence-corrected chi connectivity index (χ1v) is 12.0. The highest BCUT2D eigenvalue weighted by atomic mass is 19.4. The summed E-state index contributed by atoms with van der Waals surface area (Å²) in [7, 11) is 0. The van der Waals surface area contributed by atoms with Crippen LogP contribution >= 0.6 is 0 Å². The lowest BCUT2D eigenvalue weighted by Gasteiger charge is -2.41. The summed E-state index contributed by atoms with van der Waals surface area (Å²) in [4.78, 5) is 26.4. The molecule has 1 amide bonds. The van der Waals surface area contributed by atoms with Crippen LogP contribution in [0.15, 0.2) is 97.3 Å². The van der Waals surface area contributed by atoms with E-state index in [2.05, 4.69) is 27.0 Å². The maximum absolute atomic E-state index is 13.6. The van der Waals surface area contributed by atoms with Crippen LogP contribution in [0.4, 0.5) is 19.1 Å². The summed E-state index contributed by atoms with van der Waals surface area (Å²) in [5.74, 6) is 0.571. The second-order valence-electron chi connectivity index (χ2n) is 8.99. The van der Waals surface area contributed by atoms with Gasteiger partial charge in [-0.2, -0.15) is 13.2 Å². The average Bonchev–Trinajstić information content (AvgIpc) is 2.93. The number of rotatable bonds is 5. The maximum atomic E-state index is 13.6. The predicted octanol–water partition coefficient (Wildman–Crippen LogP) is 5.74. The van der Waals surface area contributed by atoms with E-state index in [1.165, 1.54) is 12.1 Å². The third-order valence-corrected chi connectivity index (χ3v) is 6.57. The molecule has 2 heterocycles. The topological polar surface area (TPSA) is 49.3 Å². The van der Waals surface area contributed by atoms with Crippen LogP contribution in [0.25, 0.3) is 11.1 Å². The summed E-state index contributed by atoms with van der Waals surface area (Å²) in [5, 5.41) is 0. The molecule has 188 valence electrons. The fourth-order valence-corrected chi connectivity index (χ4v) is 4.64. The highest BCUT2D eigenvalue weighted by Gasteiger charge is 2.32. The number of benzene rings is 3. The van der Waals surface area contributed by atoms with Crippen LogP contribution in [0.1, 0.15) is 21.5 Å². The zero-order valence-corrected chi connectivity index (χ0v) is 20.0. The quantitative estimate of drug-likeness (QED) is 0.350. The molecule has 0 bridgehead atoms. The molecule has 5 rings (SSSR count). The Morgan fingerprint density at radius 3 is 2.05 bits per heavy atom. The molecule has 1 fully saturated rings. The van der Waals surface area contributed by atoms with Gasteiger partial charge in [0.05, 0.1) is 11.6 Å². The molecule has 1 aromatic heterocycles. The molecule has 0 spiro atoms. The van der Waals surface area contributed by atoms with E-state index in [9.17, 15) is 18.0 Å². The molecule has 3 aromatic carbocycles. The van der Waals surface area contributed by atoms with E-state index in [1.807, 2.05) is 23.1 Å². The van der Waals surface area contributed by atoms with Crippen LogP contribution in [-0.4, -0.2) is 46.5 Å². The molecule has 1 unspecified atom stereocenters. The predicted molar refractivity (Wildman–Crippen MR) is 136 cm³/mol. The lowest BCUT2D eigenvalue weighted by atomic mass is 9.99. The molecule has 1 atom stereocenters. The van der Waals surface area contributed by atoms with Gasteiger partial charge in [-0.25, -0.2) is 9.97 Å². The minimum absolute atomic E-state index is 0.0754. The maximum Gasteiger partial charge on any atom is 0.416 e. The van der Waals surface area contributed by atoms with Crippen LogP contribution in [0.5, 0.6) is 0 Å². The van der Waals surface area contributed by atoms with E-state index in [0.717, 1.165) is 23.3 Å². The normalized spacial score (nSPS) is 16.0. The minimum Gasteiger partial charge on any atom is -0.337 e. The summed E-state index contributed by atoms with van der Waals surface area (Å²) >= 11 is 0. The number of halogens is 3. The molecule has 0 N–H and O–H groups in total. The second kappa shape index (κ2) is 10.4. The van der Waals surface area contributed by atoms with Gasteiger partial charge < -0.3 is 9.80 Å². The Labute approximate surface area is 213 Å². The van der Waals surface area contributed by atoms with E-state index in [-0.39, 0.29) is 11.9 Å². The summed E-state index contributed by atoms with van der Waals surface area (Å²) in [6.07, 6.45) is -0.254. The first-order valence-electron chi connectivity index (χ1n) is 12.0. The van der Waals surface area contributed by atoms with Crippen molar-refractivity contribution in [3.8, 4) is 11.1 Å². The van der Waals surface area contributed by atoms with Gasteiger partial charge in [0.2, 0.25) is 5.95 Å². The number of alkyl halides is 3. The number of hydrogen-bond donors (Lipinski definition) is 0. The van der Waals surface area contributed by atoms with Crippen LogP contribution in [-0.2, 0) is 12.6 Å². The smallest absolute Gasteiger partial charge is 0.337 e. The van der Waals surface area contributed by atoms with Gasteiger partial charge >= 0.3 is 6.18 Å². The molecular weight excluding hydrogens is 477 g/mol. The zero-order chi connectivity index (χ0) is 25.8. The number of carbonyl (C=O) groups is 1. The minimum atomic E-state index is -4.37. The van der Waals surface area contributed by atoms with Crippen molar-refractivity contribution in [1.29, 1.82) is 0 Å². The third kappa shape index (κ3) is 5.63.